The Balaban J connectivity index is 1.45. The molecule has 2 heterocycles. The first-order chi connectivity index (χ1) is 12.2. The van der Waals surface area contributed by atoms with Crippen LogP contribution in [0.1, 0.15) is 24.6 Å². The molecule has 0 fully saturated rings. The molecule has 2 aromatic heterocycles. The minimum absolute atomic E-state index is 0.241. The van der Waals surface area contributed by atoms with Gasteiger partial charge >= 0.3 is 0 Å². The van der Waals surface area contributed by atoms with Gasteiger partial charge in [-0.3, -0.25) is 4.79 Å². The summed E-state index contributed by atoms with van der Waals surface area (Å²) in [5.74, 6) is 0.868. The monoisotopic (exact) mass is 332 g/mol. The molecule has 1 atom stereocenters. The van der Waals surface area contributed by atoms with E-state index in [1.54, 1.807) is 6.08 Å². The third-order valence-corrected chi connectivity index (χ3v) is 3.92. The highest BCUT2D eigenvalue weighted by molar-refractivity contribution is 5.91. The molecule has 5 heteroatoms. The van der Waals surface area contributed by atoms with Crippen LogP contribution in [0.4, 0.5) is 0 Å². The largest absolute Gasteiger partial charge is 0.459 e. The van der Waals surface area contributed by atoms with E-state index in [0.29, 0.717) is 17.2 Å². The number of oxazole rings is 1. The Hall–Kier alpha value is -3.34. The van der Waals surface area contributed by atoms with E-state index in [0.717, 1.165) is 16.5 Å². The minimum Gasteiger partial charge on any atom is -0.459 e. The SMILES string of the molecule is CC(NC(=O)/C=C/c1nc2ccccc2o1)c1cc2ccccc2o1. The Morgan fingerprint density at radius 3 is 2.64 bits per heavy atom. The molecule has 4 aromatic rings. The van der Waals surface area contributed by atoms with Crippen molar-refractivity contribution in [3.05, 3.63) is 72.3 Å². The molecule has 0 saturated carbocycles. The number of fused-ring (bicyclic) bond motifs is 2. The van der Waals surface area contributed by atoms with Crippen LogP contribution < -0.4 is 5.32 Å². The lowest BCUT2D eigenvalue weighted by Crippen LogP contribution is -2.24. The number of hydrogen-bond acceptors (Lipinski definition) is 4. The lowest BCUT2D eigenvalue weighted by molar-refractivity contribution is -0.117. The van der Waals surface area contributed by atoms with Gasteiger partial charge in [-0.15, -0.1) is 0 Å². The van der Waals surface area contributed by atoms with Crippen LogP contribution in [-0.4, -0.2) is 10.9 Å². The summed E-state index contributed by atoms with van der Waals surface area (Å²) in [4.78, 5) is 16.4. The smallest absolute Gasteiger partial charge is 0.244 e. The third-order valence-electron chi connectivity index (χ3n) is 3.92. The summed E-state index contributed by atoms with van der Waals surface area (Å²) >= 11 is 0. The van der Waals surface area contributed by atoms with Crippen molar-refractivity contribution in [3.63, 3.8) is 0 Å². The standard InChI is InChI=1S/C20H16N2O3/c1-13(18-12-14-6-2-4-8-16(14)24-18)21-19(23)10-11-20-22-15-7-3-5-9-17(15)25-20/h2-13H,1H3,(H,21,23)/b11-10+. The van der Waals surface area contributed by atoms with E-state index in [4.69, 9.17) is 8.83 Å². The van der Waals surface area contributed by atoms with E-state index in [2.05, 4.69) is 10.3 Å². The van der Waals surface area contributed by atoms with E-state index in [1.807, 2.05) is 61.5 Å². The molecular weight excluding hydrogens is 316 g/mol. The number of amides is 1. The molecular formula is C20H16N2O3. The average molecular weight is 332 g/mol. The second kappa shape index (κ2) is 6.28. The third kappa shape index (κ3) is 3.17. The van der Waals surface area contributed by atoms with Crippen molar-refractivity contribution >= 4 is 34.1 Å². The molecule has 0 aliphatic rings. The molecule has 0 spiro atoms. The molecule has 1 amide bonds. The van der Waals surface area contributed by atoms with Crippen molar-refractivity contribution in [2.24, 2.45) is 0 Å². The highest BCUT2D eigenvalue weighted by atomic mass is 16.3. The number of rotatable bonds is 4. The molecule has 2 aromatic carbocycles. The van der Waals surface area contributed by atoms with E-state index in [-0.39, 0.29) is 11.9 Å². The normalized spacial score (nSPS) is 12.8. The molecule has 0 aliphatic heterocycles. The molecule has 0 aliphatic carbocycles. The predicted molar refractivity (Wildman–Crippen MR) is 95.8 cm³/mol. The summed E-state index contributed by atoms with van der Waals surface area (Å²) in [6, 6.07) is 16.9. The van der Waals surface area contributed by atoms with Crippen molar-refractivity contribution in [3.8, 4) is 0 Å². The first-order valence-electron chi connectivity index (χ1n) is 8.02. The Kier molecular flexibility index (Phi) is 3.82. The first-order valence-corrected chi connectivity index (χ1v) is 8.02. The second-order valence-electron chi connectivity index (χ2n) is 5.77. The van der Waals surface area contributed by atoms with Gasteiger partial charge in [0.25, 0.3) is 0 Å². The Morgan fingerprint density at radius 2 is 1.84 bits per heavy atom. The zero-order valence-electron chi connectivity index (χ0n) is 13.6. The number of benzene rings is 2. The van der Waals surface area contributed by atoms with Crippen LogP contribution in [0.25, 0.3) is 28.1 Å². The fourth-order valence-electron chi connectivity index (χ4n) is 2.66. The first kappa shape index (κ1) is 15.2. The van der Waals surface area contributed by atoms with E-state index >= 15 is 0 Å². The molecule has 25 heavy (non-hydrogen) atoms. The summed E-state index contributed by atoms with van der Waals surface area (Å²) in [5, 5.41) is 3.89. The average Bonchev–Trinajstić information content (AvgIpc) is 3.23. The summed E-state index contributed by atoms with van der Waals surface area (Å²) in [6.45, 7) is 1.88. The topological polar surface area (TPSA) is 68.3 Å². The van der Waals surface area contributed by atoms with Crippen LogP contribution in [0.15, 0.2) is 69.5 Å². The molecule has 124 valence electrons. The van der Waals surface area contributed by atoms with Gasteiger partial charge in [-0.25, -0.2) is 4.98 Å². The zero-order valence-corrected chi connectivity index (χ0v) is 13.6. The van der Waals surface area contributed by atoms with Crippen LogP contribution in [0.2, 0.25) is 0 Å². The Morgan fingerprint density at radius 1 is 1.08 bits per heavy atom. The number of nitrogens with zero attached hydrogens (tertiary/aromatic N) is 1. The number of nitrogens with one attached hydrogen (secondary N) is 1. The van der Waals surface area contributed by atoms with Gasteiger partial charge in [-0.1, -0.05) is 30.3 Å². The lowest BCUT2D eigenvalue weighted by Gasteiger charge is -2.08. The van der Waals surface area contributed by atoms with E-state index < -0.39 is 0 Å². The van der Waals surface area contributed by atoms with Gasteiger partial charge in [0.05, 0.1) is 6.04 Å². The second-order valence-corrected chi connectivity index (χ2v) is 5.77. The van der Waals surface area contributed by atoms with Crippen LogP contribution in [0.3, 0.4) is 0 Å². The van der Waals surface area contributed by atoms with Gasteiger partial charge < -0.3 is 14.2 Å². The highest BCUT2D eigenvalue weighted by Crippen LogP contribution is 2.23. The van der Waals surface area contributed by atoms with Crippen molar-refractivity contribution in [1.82, 2.24) is 10.3 Å². The zero-order chi connectivity index (χ0) is 17.2. The lowest BCUT2D eigenvalue weighted by atomic mass is 10.2. The number of furan rings is 1. The van der Waals surface area contributed by atoms with Crippen LogP contribution in [0, 0.1) is 0 Å². The summed E-state index contributed by atoms with van der Waals surface area (Å²) in [7, 11) is 0. The van der Waals surface area contributed by atoms with Gasteiger partial charge in [-0.05, 0) is 31.2 Å². The highest BCUT2D eigenvalue weighted by Gasteiger charge is 2.13. The van der Waals surface area contributed by atoms with Crippen molar-refractivity contribution < 1.29 is 13.6 Å². The van der Waals surface area contributed by atoms with Crippen LogP contribution in [-0.2, 0) is 4.79 Å². The quantitative estimate of drug-likeness (QED) is 0.560. The Bertz CT molecular complexity index is 1010. The maximum absolute atomic E-state index is 12.1. The van der Waals surface area contributed by atoms with Crippen LogP contribution in [0.5, 0.6) is 0 Å². The number of carbonyl (C=O) groups is 1. The minimum atomic E-state index is -0.242. The van der Waals surface area contributed by atoms with Crippen molar-refractivity contribution in [1.29, 1.82) is 0 Å². The fourth-order valence-corrected chi connectivity index (χ4v) is 2.66. The van der Waals surface area contributed by atoms with Gasteiger partial charge in [-0.2, -0.15) is 0 Å². The number of para-hydroxylation sites is 3. The molecule has 1 N–H and O–H groups in total. The molecule has 0 radical (unpaired) electrons. The van der Waals surface area contributed by atoms with Crippen LogP contribution >= 0.6 is 0 Å². The number of aromatic nitrogens is 1. The van der Waals surface area contributed by atoms with Gasteiger partial charge in [0.2, 0.25) is 11.8 Å². The summed E-state index contributed by atoms with van der Waals surface area (Å²) in [6.07, 6.45) is 2.96. The van der Waals surface area contributed by atoms with Crippen molar-refractivity contribution in [2.45, 2.75) is 13.0 Å². The van der Waals surface area contributed by atoms with Gasteiger partial charge in [0.15, 0.2) is 5.58 Å². The number of carbonyl (C=O) groups excluding carboxylic acids is 1. The maximum atomic E-state index is 12.1. The number of hydrogen-bond donors (Lipinski definition) is 1. The van der Waals surface area contributed by atoms with E-state index in [9.17, 15) is 4.79 Å². The maximum Gasteiger partial charge on any atom is 0.244 e. The predicted octanol–water partition coefficient (Wildman–Crippen LogP) is 4.46. The Labute approximate surface area is 144 Å². The van der Waals surface area contributed by atoms with E-state index in [1.165, 1.54) is 6.08 Å². The van der Waals surface area contributed by atoms with Gasteiger partial charge in [0, 0.05) is 17.5 Å². The molecule has 5 nitrogen and oxygen atoms in total. The molecule has 0 saturated heterocycles. The molecule has 4 rings (SSSR count). The summed E-state index contributed by atoms with van der Waals surface area (Å²) in [5.41, 5.74) is 2.26. The fraction of sp³-hybridized carbons (Fsp3) is 0.100. The molecule has 1 unspecified atom stereocenters. The molecule has 0 bridgehead atoms. The summed E-state index contributed by atoms with van der Waals surface area (Å²) < 4.78 is 11.3. The van der Waals surface area contributed by atoms with Crippen molar-refractivity contribution in [2.75, 3.05) is 0 Å². The van der Waals surface area contributed by atoms with Gasteiger partial charge in [0.1, 0.15) is 16.9 Å².